The van der Waals surface area contributed by atoms with Crippen molar-refractivity contribution < 1.29 is 22.7 Å². The summed E-state index contributed by atoms with van der Waals surface area (Å²) in [5.41, 5.74) is 1.56. The van der Waals surface area contributed by atoms with E-state index in [4.69, 9.17) is 4.74 Å². The lowest BCUT2D eigenvalue weighted by Gasteiger charge is -2.31. The van der Waals surface area contributed by atoms with E-state index in [1.807, 2.05) is 18.2 Å². The van der Waals surface area contributed by atoms with Crippen molar-refractivity contribution in [3.05, 3.63) is 54.1 Å². The topological polar surface area (TPSA) is 105 Å². The number of nitrogens with zero attached hydrogens (tertiary/aromatic N) is 1. The summed E-state index contributed by atoms with van der Waals surface area (Å²) in [4.78, 5) is 24.6. The SMILES string of the molecule is C[C@@H]1Oc2ccc(S(=O)(=O)N3CCC[C@H](C(=O)NCCCc4ccccc4)C3)cc2NC1=O. The summed E-state index contributed by atoms with van der Waals surface area (Å²) in [6.07, 6.45) is 2.34. The van der Waals surface area contributed by atoms with Crippen LogP contribution in [0.15, 0.2) is 53.4 Å². The van der Waals surface area contributed by atoms with E-state index in [2.05, 4.69) is 22.8 Å². The van der Waals surface area contributed by atoms with Crippen molar-refractivity contribution in [3.8, 4) is 5.75 Å². The van der Waals surface area contributed by atoms with Gasteiger partial charge in [-0.25, -0.2) is 8.42 Å². The lowest BCUT2D eigenvalue weighted by atomic mass is 9.99. The Hall–Kier alpha value is -2.91. The molecule has 0 aliphatic carbocycles. The number of amides is 2. The minimum Gasteiger partial charge on any atom is -0.479 e. The van der Waals surface area contributed by atoms with E-state index in [1.165, 1.54) is 22.0 Å². The van der Waals surface area contributed by atoms with Gasteiger partial charge in [0.05, 0.1) is 16.5 Å². The number of nitrogens with one attached hydrogen (secondary N) is 2. The van der Waals surface area contributed by atoms with Gasteiger partial charge in [-0.2, -0.15) is 4.31 Å². The van der Waals surface area contributed by atoms with Crippen molar-refractivity contribution in [3.63, 3.8) is 0 Å². The Balaban J connectivity index is 1.36. The molecule has 0 saturated carbocycles. The first-order valence-corrected chi connectivity index (χ1v) is 12.7. The number of fused-ring (bicyclic) bond motifs is 1. The molecule has 8 nitrogen and oxygen atoms in total. The first kappa shape index (κ1) is 23.3. The summed E-state index contributed by atoms with van der Waals surface area (Å²) < 4.78 is 33.4. The summed E-state index contributed by atoms with van der Waals surface area (Å²) in [7, 11) is -3.81. The minimum absolute atomic E-state index is 0.0728. The van der Waals surface area contributed by atoms with E-state index in [0.29, 0.717) is 37.4 Å². The average Bonchev–Trinajstić information content (AvgIpc) is 2.83. The van der Waals surface area contributed by atoms with E-state index in [0.717, 1.165) is 12.8 Å². The van der Waals surface area contributed by atoms with Gasteiger partial charge < -0.3 is 15.4 Å². The second kappa shape index (κ2) is 9.93. The minimum atomic E-state index is -3.81. The van der Waals surface area contributed by atoms with Gasteiger partial charge in [-0.1, -0.05) is 30.3 Å². The molecule has 2 aromatic rings. The Labute approximate surface area is 194 Å². The number of rotatable bonds is 7. The molecule has 176 valence electrons. The van der Waals surface area contributed by atoms with Crippen LogP contribution in [-0.4, -0.2) is 50.3 Å². The third-order valence-electron chi connectivity index (χ3n) is 6.06. The number of carbonyl (C=O) groups excluding carboxylic acids is 2. The quantitative estimate of drug-likeness (QED) is 0.604. The van der Waals surface area contributed by atoms with Crippen LogP contribution in [0.2, 0.25) is 0 Å². The Morgan fingerprint density at radius 3 is 2.79 bits per heavy atom. The lowest BCUT2D eigenvalue weighted by molar-refractivity contribution is -0.126. The molecule has 2 aliphatic rings. The van der Waals surface area contributed by atoms with Crippen molar-refractivity contribution in [2.45, 2.75) is 43.6 Å². The van der Waals surface area contributed by atoms with Crippen molar-refractivity contribution >= 4 is 27.5 Å². The van der Waals surface area contributed by atoms with E-state index in [1.54, 1.807) is 13.0 Å². The number of sulfonamides is 1. The fourth-order valence-corrected chi connectivity index (χ4v) is 5.72. The number of benzene rings is 2. The molecule has 2 aliphatic heterocycles. The number of anilines is 1. The van der Waals surface area contributed by atoms with Crippen LogP contribution in [-0.2, 0) is 26.0 Å². The molecular formula is C24H29N3O5S. The third kappa shape index (κ3) is 5.36. The number of hydrogen-bond donors (Lipinski definition) is 2. The molecule has 4 rings (SSSR count). The highest BCUT2D eigenvalue weighted by molar-refractivity contribution is 7.89. The van der Waals surface area contributed by atoms with Gasteiger partial charge in [-0.3, -0.25) is 9.59 Å². The molecule has 2 aromatic carbocycles. The maximum Gasteiger partial charge on any atom is 0.265 e. The molecule has 2 atom stereocenters. The highest BCUT2D eigenvalue weighted by Gasteiger charge is 2.34. The van der Waals surface area contributed by atoms with Crippen molar-refractivity contribution in [1.82, 2.24) is 9.62 Å². The smallest absolute Gasteiger partial charge is 0.265 e. The molecule has 1 saturated heterocycles. The zero-order valence-corrected chi connectivity index (χ0v) is 19.4. The number of aryl methyl sites for hydroxylation is 1. The van der Waals surface area contributed by atoms with Gasteiger partial charge >= 0.3 is 0 Å². The van der Waals surface area contributed by atoms with E-state index in [-0.39, 0.29) is 29.2 Å². The number of carbonyl (C=O) groups is 2. The standard InChI is InChI=1S/C24H29N3O5S/c1-17-23(28)26-21-15-20(11-12-22(21)32-17)33(30,31)27-14-6-10-19(16-27)24(29)25-13-5-9-18-7-3-2-4-8-18/h2-4,7-8,11-12,15,17,19H,5-6,9-10,13-14,16H2,1H3,(H,25,29)(H,26,28)/t17-,19-/m0/s1. The van der Waals surface area contributed by atoms with Gasteiger partial charge in [0.2, 0.25) is 15.9 Å². The molecule has 1 fully saturated rings. The number of ether oxygens (including phenoxy) is 1. The lowest BCUT2D eigenvalue weighted by Crippen LogP contribution is -2.45. The van der Waals surface area contributed by atoms with Crippen LogP contribution in [0.4, 0.5) is 5.69 Å². The predicted octanol–water partition coefficient (Wildman–Crippen LogP) is 2.56. The molecule has 2 N–H and O–H groups in total. The highest BCUT2D eigenvalue weighted by Crippen LogP contribution is 2.33. The van der Waals surface area contributed by atoms with Crippen LogP contribution in [0.5, 0.6) is 5.75 Å². The summed E-state index contributed by atoms with van der Waals surface area (Å²) in [5, 5.41) is 5.64. The number of piperidine rings is 1. The summed E-state index contributed by atoms with van der Waals surface area (Å²) >= 11 is 0. The van der Waals surface area contributed by atoms with Crippen LogP contribution >= 0.6 is 0 Å². The molecule has 2 heterocycles. The maximum atomic E-state index is 13.2. The molecule has 2 amide bonds. The van der Waals surface area contributed by atoms with Crippen LogP contribution in [0.3, 0.4) is 0 Å². The molecule has 0 unspecified atom stereocenters. The van der Waals surface area contributed by atoms with Crippen molar-refractivity contribution in [2.75, 3.05) is 25.0 Å². The molecule has 0 aromatic heterocycles. The Bertz CT molecular complexity index is 1120. The maximum absolute atomic E-state index is 13.2. The summed E-state index contributed by atoms with van der Waals surface area (Å²) in [6.45, 7) is 2.68. The molecule has 33 heavy (non-hydrogen) atoms. The predicted molar refractivity (Wildman–Crippen MR) is 124 cm³/mol. The second-order valence-corrected chi connectivity index (χ2v) is 10.4. The number of hydrogen-bond acceptors (Lipinski definition) is 5. The van der Waals surface area contributed by atoms with Gasteiger partial charge in [0.15, 0.2) is 6.10 Å². The van der Waals surface area contributed by atoms with Crippen LogP contribution in [0, 0.1) is 5.92 Å². The second-order valence-electron chi connectivity index (χ2n) is 8.49. The van der Waals surface area contributed by atoms with Crippen LogP contribution in [0.1, 0.15) is 31.7 Å². The zero-order valence-electron chi connectivity index (χ0n) is 18.6. The van der Waals surface area contributed by atoms with Crippen molar-refractivity contribution in [1.29, 1.82) is 0 Å². The van der Waals surface area contributed by atoms with Gasteiger partial charge in [0, 0.05) is 19.6 Å². The van der Waals surface area contributed by atoms with Crippen molar-refractivity contribution in [2.24, 2.45) is 5.92 Å². The average molecular weight is 472 g/mol. The molecule has 9 heteroatoms. The largest absolute Gasteiger partial charge is 0.479 e. The summed E-state index contributed by atoms with van der Waals surface area (Å²) in [5.74, 6) is -0.374. The Morgan fingerprint density at radius 1 is 1.21 bits per heavy atom. The third-order valence-corrected chi connectivity index (χ3v) is 7.92. The highest BCUT2D eigenvalue weighted by atomic mass is 32.2. The summed E-state index contributed by atoms with van der Waals surface area (Å²) in [6, 6.07) is 14.5. The monoisotopic (exact) mass is 471 g/mol. The normalized spacial score (nSPS) is 20.9. The van der Waals surface area contributed by atoms with E-state index >= 15 is 0 Å². The van der Waals surface area contributed by atoms with Crippen LogP contribution < -0.4 is 15.4 Å². The molecule has 0 radical (unpaired) electrons. The van der Waals surface area contributed by atoms with Gasteiger partial charge in [-0.05, 0) is 56.4 Å². The first-order valence-electron chi connectivity index (χ1n) is 11.3. The zero-order chi connectivity index (χ0) is 23.4. The first-order chi connectivity index (χ1) is 15.8. The van der Waals surface area contributed by atoms with E-state index < -0.39 is 16.1 Å². The van der Waals surface area contributed by atoms with Gasteiger partial charge in [-0.15, -0.1) is 0 Å². The molecule has 0 bridgehead atoms. The Kier molecular flexibility index (Phi) is 6.99. The molecule has 0 spiro atoms. The fraction of sp³-hybridized carbons (Fsp3) is 0.417. The van der Waals surface area contributed by atoms with Crippen LogP contribution in [0.25, 0.3) is 0 Å². The molecular weight excluding hydrogens is 442 g/mol. The van der Waals surface area contributed by atoms with Gasteiger partial charge in [0.25, 0.3) is 5.91 Å². The van der Waals surface area contributed by atoms with Gasteiger partial charge in [0.1, 0.15) is 5.75 Å². The fourth-order valence-electron chi connectivity index (χ4n) is 4.17. The Morgan fingerprint density at radius 2 is 2.00 bits per heavy atom. The van der Waals surface area contributed by atoms with E-state index in [9.17, 15) is 18.0 Å².